The van der Waals surface area contributed by atoms with Crippen molar-refractivity contribution in [1.82, 2.24) is 0 Å². The van der Waals surface area contributed by atoms with E-state index >= 15 is 0 Å². The summed E-state index contributed by atoms with van der Waals surface area (Å²) in [6.07, 6.45) is 7.39. The van der Waals surface area contributed by atoms with Gasteiger partial charge in [0.2, 0.25) is 0 Å². The molecule has 2 aliphatic carbocycles. The number of esters is 2. The highest BCUT2D eigenvalue weighted by Crippen LogP contribution is 2.42. The molecule has 0 spiro atoms. The van der Waals surface area contributed by atoms with Gasteiger partial charge in [-0.1, -0.05) is 24.3 Å². The van der Waals surface area contributed by atoms with Crippen LogP contribution in [0.3, 0.4) is 0 Å². The first kappa shape index (κ1) is 18.9. The van der Waals surface area contributed by atoms with Gasteiger partial charge in [0.15, 0.2) is 0 Å². The molecular weight excluding hydrogens is 328 g/mol. The van der Waals surface area contributed by atoms with Gasteiger partial charge in [0, 0.05) is 0 Å². The Bertz CT molecular complexity index is 606. The molecule has 0 amide bonds. The molecular formula is C18H22O7. The second kappa shape index (κ2) is 6.82. The lowest BCUT2D eigenvalue weighted by Gasteiger charge is -2.37. The maximum absolute atomic E-state index is 12.6. The normalized spacial score (nSPS) is 34.3. The third-order valence-electron chi connectivity index (χ3n) is 5.41. The quantitative estimate of drug-likeness (QED) is 0.453. The Morgan fingerprint density at radius 1 is 0.800 bits per heavy atom. The number of carbonyl (C=O) groups excluding carboxylic acids is 2. The molecule has 0 radical (unpaired) electrons. The molecule has 0 saturated carbocycles. The molecule has 0 fully saturated rings. The average Bonchev–Trinajstić information content (AvgIpc) is 2.54. The third-order valence-corrected chi connectivity index (χ3v) is 5.41. The molecule has 4 atom stereocenters. The van der Waals surface area contributed by atoms with Crippen molar-refractivity contribution in [3.8, 4) is 0 Å². The Balaban J connectivity index is 2.23. The van der Waals surface area contributed by atoms with Gasteiger partial charge in [-0.05, 0) is 39.5 Å². The highest BCUT2D eigenvalue weighted by Gasteiger charge is 2.51. The van der Waals surface area contributed by atoms with Crippen LogP contribution in [0, 0.1) is 22.7 Å². The Kier molecular flexibility index (Phi) is 5.15. The maximum Gasteiger partial charge on any atom is 0.320 e. The number of aliphatic carboxylic acids is 2. The van der Waals surface area contributed by atoms with Crippen molar-refractivity contribution < 1.29 is 34.1 Å². The van der Waals surface area contributed by atoms with Crippen molar-refractivity contribution in [2.75, 3.05) is 0 Å². The van der Waals surface area contributed by atoms with E-state index in [1.807, 2.05) is 0 Å². The smallest absolute Gasteiger partial charge is 0.320 e. The first-order valence-electron chi connectivity index (χ1n) is 8.15. The van der Waals surface area contributed by atoms with E-state index in [1.54, 1.807) is 24.3 Å². The Morgan fingerprint density at radius 2 is 1.16 bits per heavy atom. The molecule has 0 bridgehead atoms. The number of carbonyl (C=O) groups is 4. The number of carboxylic acids is 2. The zero-order valence-electron chi connectivity index (χ0n) is 14.2. The van der Waals surface area contributed by atoms with Gasteiger partial charge in [0.1, 0.15) is 0 Å². The summed E-state index contributed by atoms with van der Waals surface area (Å²) in [5, 5.41) is 18.7. The predicted molar refractivity (Wildman–Crippen MR) is 86.3 cm³/mol. The van der Waals surface area contributed by atoms with Crippen LogP contribution in [0.15, 0.2) is 24.3 Å². The largest absolute Gasteiger partial charge is 0.481 e. The molecule has 0 saturated heterocycles. The Labute approximate surface area is 145 Å². The lowest BCUT2D eigenvalue weighted by atomic mass is 9.69. The monoisotopic (exact) mass is 350 g/mol. The first-order valence-corrected chi connectivity index (χ1v) is 8.15. The molecule has 0 aliphatic heterocycles. The summed E-state index contributed by atoms with van der Waals surface area (Å²) in [5.74, 6) is -6.10. The molecule has 136 valence electrons. The molecule has 2 aliphatic rings. The number of hydrogen-bond donors (Lipinski definition) is 2. The summed E-state index contributed by atoms with van der Waals surface area (Å²) < 4.78 is 5.02. The van der Waals surface area contributed by atoms with Crippen molar-refractivity contribution in [2.45, 2.75) is 39.5 Å². The van der Waals surface area contributed by atoms with Crippen molar-refractivity contribution >= 4 is 23.9 Å². The Hall–Kier alpha value is -2.44. The van der Waals surface area contributed by atoms with E-state index in [4.69, 9.17) is 4.74 Å². The molecule has 0 aromatic heterocycles. The van der Waals surface area contributed by atoms with Crippen LogP contribution in [0.4, 0.5) is 0 Å². The van der Waals surface area contributed by atoms with Crippen LogP contribution < -0.4 is 0 Å². The highest BCUT2D eigenvalue weighted by molar-refractivity contribution is 5.95. The van der Waals surface area contributed by atoms with E-state index < -0.39 is 46.5 Å². The molecule has 7 nitrogen and oxygen atoms in total. The van der Waals surface area contributed by atoms with E-state index in [0.29, 0.717) is 0 Å². The summed E-state index contributed by atoms with van der Waals surface area (Å²) in [6.45, 7) is 2.92. The van der Waals surface area contributed by atoms with Crippen molar-refractivity contribution in [2.24, 2.45) is 22.7 Å². The van der Waals surface area contributed by atoms with E-state index in [2.05, 4.69) is 0 Å². The fourth-order valence-electron chi connectivity index (χ4n) is 3.44. The van der Waals surface area contributed by atoms with Crippen LogP contribution >= 0.6 is 0 Å². The molecule has 2 N–H and O–H groups in total. The van der Waals surface area contributed by atoms with Crippen molar-refractivity contribution in [1.29, 1.82) is 0 Å². The predicted octanol–water partition coefficient (Wildman–Crippen LogP) is 2.17. The number of rotatable bonds is 4. The van der Waals surface area contributed by atoms with Gasteiger partial charge < -0.3 is 14.9 Å². The third kappa shape index (κ3) is 3.36. The van der Waals surface area contributed by atoms with E-state index in [0.717, 1.165) is 0 Å². The van der Waals surface area contributed by atoms with Crippen LogP contribution in [0.25, 0.3) is 0 Å². The fraction of sp³-hybridized carbons (Fsp3) is 0.556. The van der Waals surface area contributed by atoms with Crippen LogP contribution in [-0.4, -0.2) is 34.1 Å². The number of allylic oxidation sites excluding steroid dienone is 4. The maximum atomic E-state index is 12.6. The first-order chi connectivity index (χ1) is 11.6. The summed E-state index contributed by atoms with van der Waals surface area (Å²) >= 11 is 0. The number of ether oxygens (including phenoxy) is 1. The van der Waals surface area contributed by atoms with Gasteiger partial charge in [0.05, 0.1) is 22.7 Å². The highest BCUT2D eigenvalue weighted by atomic mass is 16.6. The standard InChI is InChI=1S/C18H22O7/c1-17(9-5-3-7-11(17)13(19)20)15(23)25-16(24)18(2)10-6-4-8-12(18)14(21)22/h3-6,11-12H,7-10H2,1-2H3,(H,19,20)(H,21,22). The van der Waals surface area contributed by atoms with Gasteiger partial charge in [-0.25, -0.2) is 0 Å². The molecule has 0 aromatic rings. The van der Waals surface area contributed by atoms with E-state index in [-0.39, 0.29) is 25.7 Å². The number of hydrogen-bond acceptors (Lipinski definition) is 5. The number of carboxylic acid groups (broad SMARTS) is 2. The summed E-state index contributed by atoms with van der Waals surface area (Å²) in [5.41, 5.74) is -2.73. The minimum atomic E-state index is -1.37. The molecule has 7 heteroatoms. The van der Waals surface area contributed by atoms with Crippen molar-refractivity contribution in [3.63, 3.8) is 0 Å². The lowest BCUT2D eigenvalue weighted by Crippen LogP contribution is -2.47. The van der Waals surface area contributed by atoms with Crippen molar-refractivity contribution in [3.05, 3.63) is 24.3 Å². The van der Waals surface area contributed by atoms with Gasteiger partial charge in [-0.2, -0.15) is 0 Å². The summed E-state index contributed by atoms with van der Waals surface area (Å²) in [4.78, 5) is 48.1. The molecule has 25 heavy (non-hydrogen) atoms. The van der Waals surface area contributed by atoms with Gasteiger partial charge in [-0.3, -0.25) is 19.2 Å². The van der Waals surface area contributed by atoms with Gasteiger partial charge in [-0.15, -0.1) is 0 Å². The van der Waals surface area contributed by atoms with E-state index in [1.165, 1.54) is 13.8 Å². The van der Waals surface area contributed by atoms with Crippen LogP contribution in [0.5, 0.6) is 0 Å². The minimum Gasteiger partial charge on any atom is -0.481 e. The summed E-state index contributed by atoms with van der Waals surface area (Å²) in [7, 11) is 0. The van der Waals surface area contributed by atoms with Gasteiger partial charge >= 0.3 is 23.9 Å². The van der Waals surface area contributed by atoms with Gasteiger partial charge in [0.25, 0.3) is 0 Å². The Morgan fingerprint density at radius 3 is 1.48 bits per heavy atom. The van der Waals surface area contributed by atoms with Crippen LogP contribution in [0.1, 0.15) is 39.5 Å². The lowest BCUT2D eigenvalue weighted by molar-refractivity contribution is -0.182. The molecule has 0 aromatic carbocycles. The molecule has 4 unspecified atom stereocenters. The summed E-state index contributed by atoms with van der Waals surface area (Å²) in [6, 6.07) is 0. The second-order valence-electron chi connectivity index (χ2n) is 7.12. The second-order valence-corrected chi connectivity index (χ2v) is 7.12. The molecule has 0 heterocycles. The average molecular weight is 350 g/mol. The fourth-order valence-corrected chi connectivity index (χ4v) is 3.44. The zero-order valence-corrected chi connectivity index (χ0v) is 14.2. The minimum absolute atomic E-state index is 0.148. The molecule has 2 rings (SSSR count). The zero-order chi connectivity index (χ0) is 18.8. The van der Waals surface area contributed by atoms with Crippen LogP contribution in [0.2, 0.25) is 0 Å². The van der Waals surface area contributed by atoms with Crippen LogP contribution in [-0.2, 0) is 23.9 Å². The van der Waals surface area contributed by atoms with E-state index in [9.17, 15) is 29.4 Å². The topological polar surface area (TPSA) is 118 Å². The SMILES string of the molecule is CC1(C(=O)OC(=O)C2(C)CC=CCC2C(=O)O)CC=CCC1C(=O)O.